The zero-order chi connectivity index (χ0) is 13.9. The molecule has 6 heteroatoms. The lowest BCUT2D eigenvalue weighted by atomic mass is 10.1. The van der Waals surface area contributed by atoms with Crippen molar-refractivity contribution in [1.29, 1.82) is 0 Å². The molecule has 0 heterocycles. The predicted octanol–water partition coefficient (Wildman–Crippen LogP) is 1.75. The highest BCUT2D eigenvalue weighted by Crippen LogP contribution is 2.24. The molecule has 2 rings (SSSR count). The predicted molar refractivity (Wildman–Crippen MR) is 71.4 cm³/mol. The molecule has 106 valence electrons. The lowest BCUT2D eigenvalue weighted by Crippen LogP contribution is -2.29. The molecule has 1 aromatic rings. The smallest absolute Gasteiger partial charge is 0.241 e. The van der Waals surface area contributed by atoms with E-state index in [0.717, 1.165) is 31.7 Å². The van der Waals surface area contributed by atoms with E-state index in [2.05, 4.69) is 4.72 Å². The minimum absolute atomic E-state index is 0.0482. The lowest BCUT2D eigenvalue weighted by Gasteiger charge is -2.13. The molecule has 1 fully saturated rings. The molecule has 1 aliphatic carbocycles. The van der Waals surface area contributed by atoms with E-state index in [4.69, 9.17) is 5.73 Å². The van der Waals surface area contributed by atoms with Gasteiger partial charge in [0.25, 0.3) is 0 Å². The molecule has 0 aliphatic heterocycles. The minimum Gasteiger partial charge on any atom is -0.326 e. The van der Waals surface area contributed by atoms with E-state index in [-0.39, 0.29) is 11.4 Å². The van der Waals surface area contributed by atoms with Crippen molar-refractivity contribution in [2.75, 3.05) is 6.54 Å². The Morgan fingerprint density at radius 2 is 2.00 bits per heavy atom. The maximum Gasteiger partial charge on any atom is 0.241 e. The third-order valence-corrected chi connectivity index (χ3v) is 5.08. The first kappa shape index (κ1) is 14.4. The summed E-state index contributed by atoms with van der Waals surface area (Å²) in [5, 5.41) is 0. The average molecular weight is 286 g/mol. The first-order chi connectivity index (χ1) is 9.03. The number of halogens is 1. The molecule has 0 unspecified atom stereocenters. The Balaban J connectivity index is 2.16. The van der Waals surface area contributed by atoms with Gasteiger partial charge in [-0.05, 0) is 36.5 Å². The van der Waals surface area contributed by atoms with Gasteiger partial charge < -0.3 is 5.73 Å². The first-order valence-corrected chi connectivity index (χ1v) is 7.99. The van der Waals surface area contributed by atoms with Gasteiger partial charge in [-0.25, -0.2) is 17.5 Å². The molecule has 0 radical (unpaired) electrons. The number of benzene rings is 1. The van der Waals surface area contributed by atoms with Gasteiger partial charge in [0.2, 0.25) is 10.0 Å². The van der Waals surface area contributed by atoms with Crippen molar-refractivity contribution < 1.29 is 12.8 Å². The van der Waals surface area contributed by atoms with Crippen LogP contribution in [-0.2, 0) is 16.6 Å². The molecule has 1 aliphatic rings. The molecule has 0 spiro atoms. The second kappa shape index (κ2) is 5.98. The van der Waals surface area contributed by atoms with Crippen LogP contribution in [0.25, 0.3) is 0 Å². The Kier molecular flexibility index (Phi) is 4.54. The number of rotatable bonds is 5. The van der Waals surface area contributed by atoms with Crippen LogP contribution in [0, 0.1) is 11.7 Å². The monoisotopic (exact) mass is 286 g/mol. The average Bonchev–Trinajstić information content (AvgIpc) is 2.89. The van der Waals surface area contributed by atoms with Gasteiger partial charge in [-0.2, -0.15) is 0 Å². The first-order valence-electron chi connectivity index (χ1n) is 6.51. The van der Waals surface area contributed by atoms with Crippen LogP contribution in [0.15, 0.2) is 23.1 Å². The van der Waals surface area contributed by atoms with E-state index in [9.17, 15) is 12.8 Å². The van der Waals surface area contributed by atoms with E-state index >= 15 is 0 Å². The molecule has 1 saturated carbocycles. The molecule has 19 heavy (non-hydrogen) atoms. The molecule has 0 aromatic heterocycles. The topological polar surface area (TPSA) is 72.2 Å². The van der Waals surface area contributed by atoms with Crippen LogP contribution < -0.4 is 10.5 Å². The van der Waals surface area contributed by atoms with Gasteiger partial charge in [0.1, 0.15) is 5.82 Å². The van der Waals surface area contributed by atoms with Crippen molar-refractivity contribution in [2.45, 2.75) is 37.1 Å². The Morgan fingerprint density at radius 1 is 1.32 bits per heavy atom. The van der Waals surface area contributed by atoms with E-state index in [1.165, 1.54) is 12.1 Å². The van der Waals surface area contributed by atoms with Gasteiger partial charge in [0.15, 0.2) is 0 Å². The zero-order valence-corrected chi connectivity index (χ0v) is 11.5. The van der Waals surface area contributed by atoms with Crippen LogP contribution >= 0.6 is 0 Å². The molecule has 0 saturated heterocycles. The summed E-state index contributed by atoms with van der Waals surface area (Å²) < 4.78 is 40.2. The molecule has 4 nitrogen and oxygen atoms in total. The van der Waals surface area contributed by atoms with Crippen molar-refractivity contribution in [3.63, 3.8) is 0 Å². The molecular formula is C13H19FN2O2S. The van der Waals surface area contributed by atoms with Crippen LogP contribution in [0.4, 0.5) is 4.39 Å². The summed E-state index contributed by atoms with van der Waals surface area (Å²) in [4.78, 5) is -0.0482. The maximum absolute atomic E-state index is 13.2. The van der Waals surface area contributed by atoms with Crippen molar-refractivity contribution in [1.82, 2.24) is 4.72 Å². The summed E-state index contributed by atoms with van der Waals surface area (Å²) in [5.41, 5.74) is 5.93. The normalized spacial score (nSPS) is 16.9. The summed E-state index contributed by atoms with van der Waals surface area (Å²) in [6.45, 7) is 0.489. The van der Waals surface area contributed by atoms with Crippen LogP contribution in [0.3, 0.4) is 0 Å². The zero-order valence-electron chi connectivity index (χ0n) is 10.7. The molecule has 0 amide bonds. The summed E-state index contributed by atoms with van der Waals surface area (Å²) in [6, 6.07) is 3.66. The van der Waals surface area contributed by atoms with Crippen molar-refractivity contribution >= 4 is 10.0 Å². The standard InChI is InChI=1S/C13H19FN2O2S/c14-12-6-5-11(8-15)13(7-12)19(17,18)16-9-10-3-1-2-4-10/h5-7,10,16H,1-4,8-9,15H2. The second-order valence-corrected chi connectivity index (χ2v) is 6.69. The van der Waals surface area contributed by atoms with Crippen LogP contribution in [0.1, 0.15) is 31.2 Å². The lowest BCUT2D eigenvalue weighted by molar-refractivity contribution is 0.518. The van der Waals surface area contributed by atoms with E-state index in [0.29, 0.717) is 18.0 Å². The van der Waals surface area contributed by atoms with Crippen LogP contribution in [-0.4, -0.2) is 15.0 Å². The fourth-order valence-electron chi connectivity index (χ4n) is 2.47. The number of hydrogen-bond acceptors (Lipinski definition) is 3. The van der Waals surface area contributed by atoms with E-state index < -0.39 is 15.8 Å². The SMILES string of the molecule is NCc1ccc(F)cc1S(=O)(=O)NCC1CCCC1. The number of nitrogens with one attached hydrogen (secondary N) is 1. The molecular weight excluding hydrogens is 267 g/mol. The highest BCUT2D eigenvalue weighted by atomic mass is 32.2. The van der Waals surface area contributed by atoms with Crippen molar-refractivity contribution in [3.05, 3.63) is 29.6 Å². The van der Waals surface area contributed by atoms with Crippen LogP contribution in [0.2, 0.25) is 0 Å². The van der Waals surface area contributed by atoms with Gasteiger partial charge in [0.05, 0.1) is 4.90 Å². The fraction of sp³-hybridized carbons (Fsp3) is 0.538. The highest BCUT2D eigenvalue weighted by Gasteiger charge is 2.22. The van der Waals surface area contributed by atoms with Gasteiger partial charge in [-0.15, -0.1) is 0 Å². The highest BCUT2D eigenvalue weighted by molar-refractivity contribution is 7.89. The quantitative estimate of drug-likeness (QED) is 0.866. The van der Waals surface area contributed by atoms with E-state index in [1.54, 1.807) is 0 Å². The largest absolute Gasteiger partial charge is 0.326 e. The van der Waals surface area contributed by atoms with Gasteiger partial charge in [-0.1, -0.05) is 18.9 Å². The second-order valence-electron chi connectivity index (χ2n) is 4.96. The third-order valence-electron chi connectivity index (χ3n) is 3.58. The Hall–Kier alpha value is -0.980. The van der Waals surface area contributed by atoms with Gasteiger partial charge in [0, 0.05) is 13.1 Å². The van der Waals surface area contributed by atoms with Crippen molar-refractivity contribution in [3.8, 4) is 0 Å². The summed E-state index contributed by atoms with van der Waals surface area (Å²) in [5.74, 6) is -0.178. The Labute approximate surface area is 113 Å². The summed E-state index contributed by atoms with van der Waals surface area (Å²) in [7, 11) is -3.68. The molecule has 0 atom stereocenters. The molecule has 1 aromatic carbocycles. The van der Waals surface area contributed by atoms with Gasteiger partial charge in [-0.3, -0.25) is 0 Å². The maximum atomic E-state index is 13.2. The Morgan fingerprint density at radius 3 is 2.63 bits per heavy atom. The number of sulfonamides is 1. The molecule has 3 N–H and O–H groups in total. The molecule has 0 bridgehead atoms. The number of nitrogens with two attached hydrogens (primary N) is 1. The fourth-order valence-corrected chi connectivity index (χ4v) is 3.84. The van der Waals surface area contributed by atoms with E-state index in [1.807, 2.05) is 0 Å². The summed E-state index contributed by atoms with van der Waals surface area (Å²) >= 11 is 0. The number of hydrogen-bond donors (Lipinski definition) is 2. The third kappa shape index (κ3) is 3.52. The Bertz CT molecular complexity index is 540. The van der Waals surface area contributed by atoms with Gasteiger partial charge >= 0.3 is 0 Å². The van der Waals surface area contributed by atoms with Crippen molar-refractivity contribution in [2.24, 2.45) is 11.7 Å². The summed E-state index contributed by atoms with van der Waals surface area (Å²) in [6.07, 6.45) is 4.41. The minimum atomic E-state index is -3.68. The van der Waals surface area contributed by atoms with Crippen LogP contribution in [0.5, 0.6) is 0 Å².